The van der Waals surface area contributed by atoms with Crippen LogP contribution in [0.5, 0.6) is 0 Å². The van der Waals surface area contributed by atoms with E-state index in [1.54, 1.807) is 62.6 Å². The molecule has 18 heteroatoms. The zero-order valence-electron chi connectivity index (χ0n) is 32.8. The molecule has 62 heavy (non-hydrogen) atoms. The number of likely N-dealkylation sites (N-methyl/N-ethyl adjacent to an activating group) is 2. The number of benzene rings is 4. The average Bonchev–Trinajstić information content (AvgIpc) is 3.25. The van der Waals surface area contributed by atoms with Crippen LogP contribution < -0.4 is 20.4 Å². The number of nitrogens with one attached hydrogen (secondary N) is 2. The molecule has 2 atom stereocenters. The van der Waals surface area contributed by atoms with Crippen molar-refractivity contribution in [3.8, 4) is 12.1 Å². The van der Waals surface area contributed by atoms with E-state index in [0.29, 0.717) is 70.7 Å². The molecule has 0 saturated carbocycles. The third kappa shape index (κ3) is 8.14. The molecule has 4 aromatic carbocycles. The molecule has 12 nitrogen and oxygen atoms in total. The highest BCUT2D eigenvalue weighted by Crippen LogP contribution is 2.42. The van der Waals surface area contributed by atoms with Crippen LogP contribution in [-0.4, -0.2) is 60.9 Å². The lowest BCUT2D eigenvalue weighted by atomic mass is 9.89. The number of anilines is 2. The summed E-state index contributed by atoms with van der Waals surface area (Å²) < 4.78 is 79.3. The average molecular weight is 853 g/mol. The van der Waals surface area contributed by atoms with Gasteiger partial charge in [-0.05, 0) is 71.8 Å². The minimum absolute atomic E-state index is 0.0375. The van der Waals surface area contributed by atoms with Crippen molar-refractivity contribution >= 4 is 35.3 Å². The molecule has 8 rings (SSSR count). The van der Waals surface area contributed by atoms with Crippen LogP contribution >= 0.6 is 0 Å². The van der Waals surface area contributed by atoms with E-state index in [0.717, 1.165) is 34.1 Å². The lowest BCUT2D eigenvalue weighted by molar-refractivity contribution is -0.138. The fraction of sp³-hybridized carbons (Fsp3) is 0.227. The van der Waals surface area contributed by atoms with Gasteiger partial charge in [-0.15, -0.1) is 0 Å². The topological polar surface area (TPSA) is 153 Å². The first kappa shape index (κ1) is 42.5. The molecule has 0 unspecified atom stereocenters. The molecule has 2 N–H and O–H groups in total. The fourth-order valence-corrected chi connectivity index (χ4v) is 7.68. The third-order valence-electron chi connectivity index (χ3n) is 10.8. The minimum atomic E-state index is -4.56. The molecule has 316 valence electrons. The SMILES string of the molecule is CN1CCC2=C(C1=O)[C@@H](c1ccc(C#N)cc1)NC(=O)N2c1cccc(C(F)(F)F)c1.CN1CCC2=C(C1=O)[C@H](c1ccc(C#N)cc1)NC(=O)N2c1cccc(C(F)(F)F)c1. The second kappa shape index (κ2) is 16.5. The van der Waals surface area contributed by atoms with Crippen LogP contribution in [0.2, 0.25) is 0 Å². The molecule has 4 aliphatic heterocycles. The summed E-state index contributed by atoms with van der Waals surface area (Å²) in [5.74, 6) is -0.625. The van der Waals surface area contributed by atoms with Crippen molar-refractivity contribution in [2.24, 2.45) is 0 Å². The Balaban J connectivity index is 0.000000186. The van der Waals surface area contributed by atoms with Gasteiger partial charge in [0.15, 0.2) is 0 Å². The quantitative estimate of drug-likeness (QED) is 0.199. The Morgan fingerprint density at radius 3 is 1.24 bits per heavy atom. The van der Waals surface area contributed by atoms with E-state index < -0.39 is 47.6 Å². The number of halogens is 6. The van der Waals surface area contributed by atoms with Crippen molar-refractivity contribution in [1.82, 2.24) is 20.4 Å². The normalized spacial score (nSPS) is 19.1. The largest absolute Gasteiger partial charge is 0.416 e. The van der Waals surface area contributed by atoms with E-state index in [9.17, 15) is 45.5 Å². The maximum absolute atomic E-state index is 13.2. The Morgan fingerprint density at radius 1 is 0.565 bits per heavy atom. The van der Waals surface area contributed by atoms with E-state index >= 15 is 0 Å². The van der Waals surface area contributed by atoms with Gasteiger partial charge in [0.1, 0.15) is 0 Å². The Morgan fingerprint density at radius 2 is 0.919 bits per heavy atom. The summed E-state index contributed by atoms with van der Waals surface area (Å²) in [4.78, 5) is 57.4. The van der Waals surface area contributed by atoms with Gasteiger partial charge in [-0.2, -0.15) is 36.9 Å². The second-order valence-electron chi connectivity index (χ2n) is 14.7. The zero-order valence-corrected chi connectivity index (χ0v) is 32.8. The highest BCUT2D eigenvalue weighted by molar-refractivity contribution is 6.07. The minimum Gasteiger partial charge on any atom is -0.341 e. The molecule has 0 fully saturated rings. The Bertz CT molecular complexity index is 2450. The van der Waals surface area contributed by atoms with Crippen molar-refractivity contribution < 1.29 is 45.5 Å². The number of nitriles is 2. The zero-order chi connectivity index (χ0) is 44.7. The highest BCUT2D eigenvalue weighted by atomic mass is 19.4. The fourth-order valence-electron chi connectivity index (χ4n) is 7.68. The molecule has 4 heterocycles. The van der Waals surface area contributed by atoms with Crippen LogP contribution in [0, 0.1) is 22.7 Å². The number of hydrogen-bond acceptors (Lipinski definition) is 6. The monoisotopic (exact) mass is 852 g/mol. The van der Waals surface area contributed by atoms with Crippen LogP contribution in [0.1, 0.15) is 58.3 Å². The van der Waals surface area contributed by atoms with Crippen LogP contribution in [0.25, 0.3) is 0 Å². The molecule has 0 aliphatic carbocycles. The van der Waals surface area contributed by atoms with Gasteiger partial charge in [0.05, 0.1) is 69.0 Å². The number of hydrogen-bond donors (Lipinski definition) is 2. The molecular weight excluding hydrogens is 819 g/mol. The summed E-state index contributed by atoms with van der Waals surface area (Å²) in [6.07, 6.45) is -8.50. The van der Waals surface area contributed by atoms with Crippen molar-refractivity contribution in [2.75, 3.05) is 37.0 Å². The number of amides is 6. The first-order valence-corrected chi connectivity index (χ1v) is 18.9. The van der Waals surface area contributed by atoms with E-state index in [2.05, 4.69) is 10.6 Å². The van der Waals surface area contributed by atoms with Gasteiger partial charge < -0.3 is 20.4 Å². The maximum atomic E-state index is 13.2. The molecule has 4 aromatic rings. The predicted molar refractivity (Wildman–Crippen MR) is 211 cm³/mol. The standard InChI is InChI=1S/2C22H17F3N4O2/c2*1-28-10-9-17-18(20(28)30)19(14-7-5-13(12-26)6-8-14)27-21(31)29(17)16-4-2-3-15(11-16)22(23,24)25/h2*2-8,11,19H,9-10H2,1H3,(H,27,31)/t2*19-/m10/s1. The van der Waals surface area contributed by atoms with E-state index in [-0.39, 0.29) is 23.2 Å². The number of alkyl halides is 6. The van der Waals surface area contributed by atoms with Gasteiger partial charge in [0, 0.05) is 51.4 Å². The van der Waals surface area contributed by atoms with Gasteiger partial charge in [-0.3, -0.25) is 19.4 Å². The van der Waals surface area contributed by atoms with Gasteiger partial charge in [0.25, 0.3) is 11.8 Å². The number of urea groups is 2. The lowest BCUT2D eigenvalue weighted by Crippen LogP contribution is -2.52. The lowest BCUT2D eigenvalue weighted by Gasteiger charge is -2.41. The number of carbonyl (C=O) groups excluding carboxylic acids is 4. The molecule has 0 aromatic heterocycles. The van der Waals surface area contributed by atoms with Crippen molar-refractivity contribution in [3.05, 3.63) is 153 Å². The Hall–Kier alpha value is -7.60. The summed E-state index contributed by atoms with van der Waals surface area (Å²) in [5.41, 5.74) is 1.73. The van der Waals surface area contributed by atoms with Crippen LogP contribution in [0.3, 0.4) is 0 Å². The molecule has 6 amide bonds. The van der Waals surface area contributed by atoms with Crippen molar-refractivity contribution in [2.45, 2.75) is 37.3 Å². The predicted octanol–water partition coefficient (Wildman–Crippen LogP) is 7.93. The molecule has 0 saturated heterocycles. The molecule has 0 radical (unpaired) electrons. The number of carbonyl (C=O) groups is 4. The summed E-state index contributed by atoms with van der Waals surface area (Å²) in [7, 11) is 3.26. The Kier molecular flexibility index (Phi) is 11.3. The maximum Gasteiger partial charge on any atom is 0.416 e. The van der Waals surface area contributed by atoms with Gasteiger partial charge >= 0.3 is 24.4 Å². The summed E-state index contributed by atoms with van der Waals surface area (Å²) in [5, 5.41) is 23.5. The van der Waals surface area contributed by atoms with Crippen LogP contribution in [0.15, 0.2) is 120 Å². The first-order valence-electron chi connectivity index (χ1n) is 18.9. The van der Waals surface area contributed by atoms with E-state index in [4.69, 9.17) is 10.5 Å². The van der Waals surface area contributed by atoms with Crippen molar-refractivity contribution in [3.63, 3.8) is 0 Å². The molecule has 4 aliphatic rings. The molecule has 0 bridgehead atoms. The number of rotatable bonds is 4. The molecular formula is C44H34F6N8O4. The summed E-state index contributed by atoms with van der Waals surface area (Å²) in [6.45, 7) is 0.668. The van der Waals surface area contributed by atoms with Crippen LogP contribution in [0.4, 0.5) is 47.3 Å². The van der Waals surface area contributed by atoms with Gasteiger partial charge in [-0.25, -0.2) is 9.59 Å². The van der Waals surface area contributed by atoms with Gasteiger partial charge in [0.2, 0.25) is 0 Å². The van der Waals surface area contributed by atoms with Crippen LogP contribution in [-0.2, 0) is 21.9 Å². The van der Waals surface area contributed by atoms with Gasteiger partial charge in [-0.1, -0.05) is 36.4 Å². The summed E-state index contributed by atoms with van der Waals surface area (Å²) in [6, 6.07) is 23.1. The molecule has 0 spiro atoms. The number of nitrogens with zero attached hydrogens (tertiary/aromatic N) is 6. The second-order valence-corrected chi connectivity index (χ2v) is 14.7. The summed E-state index contributed by atoms with van der Waals surface area (Å²) >= 11 is 0. The highest BCUT2D eigenvalue weighted by Gasteiger charge is 2.44. The first-order chi connectivity index (χ1) is 29.4. The van der Waals surface area contributed by atoms with E-state index in [1.165, 1.54) is 34.1 Å². The van der Waals surface area contributed by atoms with E-state index in [1.807, 2.05) is 12.1 Å². The van der Waals surface area contributed by atoms with Crippen molar-refractivity contribution in [1.29, 1.82) is 10.5 Å². The smallest absolute Gasteiger partial charge is 0.341 e. The Labute approximate surface area is 350 Å². The third-order valence-corrected chi connectivity index (χ3v) is 10.8.